The number of anilines is 1. The van der Waals surface area contributed by atoms with Crippen LogP contribution in [0.5, 0.6) is 0 Å². The van der Waals surface area contributed by atoms with E-state index in [1.54, 1.807) is 12.1 Å². The molecule has 2 aliphatic rings. The monoisotopic (exact) mass is 445 g/mol. The number of hydrogen-bond acceptors (Lipinski definition) is 3. The topological polar surface area (TPSA) is 52.7 Å². The average Bonchev–Trinajstić information content (AvgIpc) is 2.80. The summed E-state index contributed by atoms with van der Waals surface area (Å²) in [4.78, 5) is 28.9. The first-order chi connectivity index (χ1) is 15.4. The Balaban J connectivity index is 1.25. The third kappa shape index (κ3) is 5.06. The van der Waals surface area contributed by atoms with Crippen LogP contribution in [0.2, 0.25) is 0 Å². The van der Waals surface area contributed by atoms with E-state index in [2.05, 4.69) is 5.32 Å². The molecule has 2 saturated heterocycles. The van der Waals surface area contributed by atoms with Gasteiger partial charge in [0.1, 0.15) is 17.5 Å². The number of carbonyl (C=O) groups is 2. The molecule has 0 bridgehead atoms. The summed E-state index contributed by atoms with van der Waals surface area (Å²) in [5.74, 6) is -2.39. The number of halogens is 3. The zero-order valence-electron chi connectivity index (χ0n) is 17.7. The highest BCUT2D eigenvalue weighted by molar-refractivity contribution is 5.94. The molecule has 0 aliphatic carbocycles. The summed E-state index contributed by atoms with van der Waals surface area (Å²) in [6.45, 7) is 2.04. The fraction of sp³-hybridized carbons (Fsp3) is 0.417. The van der Waals surface area contributed by atoms with Crippen molar-refractivity contribution in [3.8, 4) is 0 Å². The van der Waals surface area contributed by atoms with Gasteiger partial charge in [0.25, 0.3) is 5.91 Å². The highest BCUT2D eigenvalue weighted by Gasteiger charge is 2.32. The second-order valence-electron chi connectivity index (χ2n) is 8.44. The van der Waals surface area contributed by atoms with Gasteiger partial charge in [-0.05, 0) is 62.1 Å². The van der Waals surface area contributed by atoms with Crippen LogP contribution in [0.4, 0.5) is 18.9 Å². The van der Waals surface area contributed by atoms with Gasteiger partial charge in [0.15, 0.2) is 0 Å². The van der Waals surface area contributed by atoms with Gasteiger partial charge in [-0.3, -0.25) is 9.59 Å². The molecule has 8 heteroatoms. The molecule has 2 aromatic carbocycles. The molecule has 170 valence electrons. The lowest BCUT2D eigenvalue weighted by atomic mass is 9.93. The summed E-state index contributed by atoms with van der Waals surface area (Å²) in [6.07, 6.45) is 2.68. The molecule has 0 aromatic heterocycles. The van der Waals surface area contributed by atoms with Crippen molar-refractivity contribution in [1.82, 2.24) is 9.80 Å². The van der Waals surface area contributed by atoms with Gasteiger partial charge in [-0.25, -0.2) is 13.2 Å². The first-order valence-corrected chi connectivity index (χ1v) is 11.0. The molecular formula is C24H26F3N3O2. The molecule has 0 saturated carbocycles. The number of amides is 2. The van der Waals surface area contributed by atoms with Gasteiger partial charge in [0.05, 0.1) is 5.56 Å². The summed E-state index contributed by atoms with van der Waals surface area (Å²) in [6, 6.07) is 9.42. The average molecular weight is 445 g/mol. The standard InChI is InChI=1S/C24H26F3N3O2/c25-17-1-4-19(5-2-17)28-20-9-13-29(14-10-20)23(31)16-7-11-30(12-8-16)24(32)21-6-3-18(26)15-22(21)27/h1-6,15-16,20,28H,7-14H2. The van der Waals surface area contributed by atoms with E-state index < -0.39 is 17.5 Å². The van der Waals surface area contributed by atoms with Gasteiger partial charge in [-0.1, -0.05) is 0 Å². The lowest BCUT2D eigenvalue weighted by Crippen LogP contribution is -2.48. The molecule has 0 atom stereocenters. The minimum Gasteiger partial charge on any atom is -0.382 e. The van der Waals surface area contributed by atoms with Crippen molar-refractivity contribution in [2.75, 3.05) is 31.5 Å². The number of nitrogens with one attached hydrogen (secondary N) is 1. The van der Waals surface area contributed by atoms with E-state index in [0.29, 0.717) is 45.1 Å². The van der Waals surface area contributed by atoms with Crippen molar-refractivity contribution in [3.63, 3.8) is 0 Å². The quantitative estimate of drug-likeness (QED) is 0.772. The maximum atomic E-state index is 13.9. The van der Waals surface area contributed by atoms with Crippen LogP contribution in [0.15, 0.2) is 42.5 Å². The zero-order valence-corrected chi connectivity index (χ0v) is 17.7. The van der Waals surface area contributed by atoms with Crippen LogP contribution < -0.4 is 5.32 Å². The smallest absolute Gasteiger partial charge is 0.256 e. The molecule has 32 heavy (non-hydrogen) atoms. The van der Waals surface area contributed by atoms with Crippen LogP contribution in [0, 0.1) is 23.4 Å². The second-order valence-corrected chi connectivity index (χ2v) is 8.44. The Morgan fingerprint density at radius 2 is 1.38 bits per heavy atom. The highest BCUT2D eigenvalue weighted by atomic mass is 19.1. The number of carbonyl (C=O) groups excluding carboxylic acids is 2. The Labute approximate surface area is 185 Å². The summed E-state index contributed by atoms with van der Waals surface area (Å²) < 4.78 is 40.1. The van der Waals surface area contributed by atoms with Crippen molar-refractivity contribution < 1.29 is 22.8 Å². The number of hydrogen-bond donors (Lipinski definition) is 1. The largest absolute Gasteiger partial charge is 0.382 e. The van der Waals surface area contributed by atoms with Gasteiger partial charge in [-0.15, -0.1) is 0 Å². The molecular weight excluding hydrogens is 419 g/mol. The summed E-state index contributed by atoms with van der Waals surface area (Å²) in [5.41, 5.74) is 0.720. The fourth-order valence-electron chi connectivity index (χ4n) is 4.45. The minimum absolute atomic E-state index is 0.102. The Kier molecular flexibility index (Phi) is 6.67. The van der Waals surface area contributed by atoms with E-state index in [9.17, 15) is 22.8 Å². The number of likely N-dealkylation sites (tertiary alicyclic amines) is 2. The number of benzene rings is 2. The predicted molar refractivity (Wildman–Crippen MR) is 115 cm³/mol. The Hall–Kier alpha value is -3.03. The highest BCUT2D eigenvalue weighted by Crippen LogP contribution is 2.25. The van der Waals surface area contributed by atoms with Crippen LogP contribution >= 0.6 is 0 Å². The first-order valence-electron chi connectivity index (χ1n) is 11.0. The Bertz CT molecular complexity index is 967. The van der Waals surface area contributed by atoms with E-state index >= 15 is 0 Å². The molecule has 1 N–H and O–H groups in total. The van der Waals surface area contributed by atoms with Crippen molar-refractivity contribution >= 4 is 17.5 Å². The van der Waals surface area contributed by atoms with E-state index in [-0.39, 0.29) is 29.2 Å². The lowest BCUT2D eigenvalue weighted by Gasteiger charge is -2.37. The summed E-state index contributed by atoms with van der Waals surface area (Å²) >= 11 is 0. The molecule has 2 aliphatic heterocycles. The predicted octanol–water partition coefficient (Wildman–Crippen LogP) is 4.06. The van der Waals surface area contributed by atoms with Crippen molar-refractivity contribution in [3.05, 3.63) is 65.5 Å². The normalized spacial score (nSPS) is 18.0. The van der Waals surface area contributed by atoms with E-state index in [1.807, 2.05) is 4.90 Å². The zero-order chi connectivity index (χ0) is 22.7. The second kappa shape index (κ2) is 9.63. The van der Waals surface area contributed by atoms with Crippen molar-refractivity contribution in [2.24, 2.45) is 5.92 Å². The molecule has 0 spiro atoms. The van der Waals surface area contributed by atoms with Gasteiger partial charge in [0, 0.05) is 49.9 Å². The number of piperidine rings is 2. The third-order valence-corrected chi connectivity index (χ3v) is 6.31. The van der Waals surface area contributed by atoms with Crippen LogP contribution in [-0.2, 0) is 4.79 Å². The van der Waals surface area contributed by atoms with E-state index in [0.717, 1.165) is 30.7 Å². The molecule has 2 amide bonds. The summed E-state index contributed by atoms with van der Waals surface area (Å²) in [5, 5.41) is 3.39. The maximum absolute atomic E-state index is 13.9. The molecule has 5 nitrogen and oxygen atoms in total. The minimum atomic E-state index is -0.870. The van der Waals surface area contributed by atoms with Gasteiger partial charge >= 0.3 is 0 Å². The van der Waals surface area contributed by atoms with E-state index in [1.165, 1.54) is 17.0 Å². The SMILES string of the molecule is O=C(c1ccc(F)cc1F)N1CCC(C(=O)N2CCC(Nc3ccc(F)cc3)CC2)CC1. The van der Waals surface area contributed by atoms with Gasteiger partial charge in [0.2, 0.25) is 5.91 Å². The fourth-order valence-corrected chi connectivity index (χ4v) is 4.45. The van der Waals surface area contributed by atoms with Crippen LogP contribution in [0.25, 0.3) is 0 Å². The molecule has 2 heterocycles. The Morgan fingerprint density at radius 3 is 2.00 bits per heavy atom. The first kappa shape index (κ1) is 22.2. The van der Waals surface area contributed by atoms with Crippen molar-refractivity contribution in [2.45, 2.75) is 31.7 Å². The van der Waals surface area contributed by atoms with Crippen LogP contribution in [0.1, 0.15) is 36.0 Å². The number of rotatable bonds is 4. The van der Waals surface area contributed by atoms with E-state index in [4.69, 9.17) is 0 Å². The maximum Gasteiger partial charge on any atom is 0.256 e. The molecule has 2 aromatic rings. The number of nitrogens with zero attached hydrogens (tertiary/aromatic N) is 2. The lowest BCUT2D eigenvalue weighted by molar-refractivity contribution is -0.137. The molecule has 0 unspecified atom stereocenters. The Morgan fingerprint density at radius 1 is 0.781 bits per heavy atom. The van der Waals surface area contributed by atoms with Gasteiger partial charge in [-0.2, -0.15) is 0 Å². The molecule has 2 fully saturated rings. The third-order valence-electron chi connectivity index (χ3n) is 6.31. The van der Waals surface area contributed by atoms with Gasteiger partial charge < -0.3 is 15.1 Å². The summed E-state index contributed by atoms with van der Waals surface area (Å²) in [7, 11) is 0. The molecule has 0 radical (unpaired) electrons. The van der Waals surface area contributed by atoms with Crippen molar-refractivity contribution in [1.29, 1.82) is 0 Å². The van der Waals surface area contributed by atoms with Crippen LogP contribution in [0.3, 0.4) is 0 Å². The molecule has 4 rings (SSSR count). The van der Waals surface area contributed by atoms with Crippen LogP contribution in [-0.4, -0.2) is 53.8 Å².